The van der Waals surface area contributed by atoms with Crippen molar-refractivity contribution in [3.05, 3.63) is 22.1 Å². The van der Waals surface area contributed by atoms with E-state index in [0.29, 0.717) is 11.7 Å². The molecule has 3 atom stereocenters. The number of allylic oxidation sites excluding steroid dienone is 2. The Morgan fingerprint density at radius 3 is 2.90 bits per heavy atom. The molecular formula is C18H25NOS. The molecule has 2 nitrogen and oxygen atoms in total. The summed E-state index contributed by atoms with van der Waals surface area (Å²) in [7, 11) is 0. The Morgan fingerprint density at radius 2 is 1.95 bits per heavy atom. The van der Waals surface area contributed by atoms with E-state index in [1.165, 1.54) is 43.4 Å². The molecule has 0 amide bonds. The number of ketones is 1. The second-order valence-corrected chi connectivity index (χ2v) is 8.12. The summed E-state index contributed by atoms with van der Waals surface area (Å²) >= 11 is 1.94. The first-order valence-corrected chi connectivity index (χ1v) is 9.65. The van der Waals surface area contributed by atoms with Gasteiger partial charge >= 0.3 is 0 Å². The van der Waals surface area contributed by atoms with Crippen molar-refractivity contribution in [1.29, 1.82) is 0 Å². The first kappa shape index (κ1) is 14.1. The highest BCUT2D eigenvalue weighted by Crippen LogP contribution is 2.41. The van der Waals surface area contributed by atoms with Crippen molar-refractivity contribution in [1.82, 2.24) is 5.32 Å². The van der Waals surface area contributed by atoms with E-state index in [1.807, 2.05) is 11.8 Å². The zero-order chi connectivity index (χ0) is 14.2. The average Bonchev–Trinajstić information content (AvgIpc) is 2.94. The van der Waals surface area contributed by atoms with Crippen molar-refractivity contribution >= 4 is 17.5 Å². The number of carbonyl (C=O) groups is 1. The molecule has 2 aliphatic carbocycles. The van der Waals surface area contributed by atoms with Gasteiger partial charge in [0.1, 0.15) is 0 Å². The monoisotopic (exact) mass is 303 g/mol. The number of Topliss-reactive ketones (excluding diaryl/α,β-unsaturated/α-hetero) is 1. The smallest absolute Gasteiger partial charge is 0.186 e. The maximum absolute atomic E-state index is 12.7. The Morgan fingerprint density at radius 1 is 1.10 bits per heavy atom. The fourth-order valence-corrected chi connectivity index (χ4v) is 5.85. The lowest BCUT2D eigenvalue weighted by molar-refractivity contribution is -0.112. The number of thioether (sulfide) groups is 1. The van der Waals surface area contributed by atoms with Gasteiger partial charge in [0.2, 0.25) is 0 Å². The molecule has 114 valence electrons. The van der Waals surface area contributed by atoms with Gasteiger partial charge in [0.25, 0.3) is 0 Å². The van der Waals surface area contributed by atoms with Crippen LogP contribution in [0.5, 0.6) is 0 Å². The minimum Gasteiger partial charge on any atom is -0.313 e. The molecule has 3 unspecified atom stereocenters. The Balaban J connectivity index is 1.54. The maximum atomic E-state index is 12.7. The molecule has 0 spiro atoms. The summed E-state index contributed by atoms with van der Waals surface area (Å²) in [5.41, 5.74) is 2.27. The van der Waals surface area contributed by atoms with Crippen molar-refractivity contribution in [2.75, 3.05) is 12.3 Å². The Kier molecular flexibility index (Phi) is 3.97. The number of fused-ring (bicyclic) bond motifs is 1. The molecule has 0 radical (unpaired) electrons. The molecule has 1 saturated heterocycles. The molecular weight excluding hydrogens is 278 g/mol. The predicted molar refractivity (Wildman–Crippen MR) is 88.3 cm³/mol. The lowest BCUT2D eigenvalue weighted by atomic mass is 9.79. The molecule has 1 N–H and O–H groups in total. The van der Waals surface area contributed by atoms with Crippen LogP contribution in [-0.4, -0.2) is 24.1 Å². The quantitative estimate of drug-likeness (QED) is 0.746. The van der Waals surface area contributed by atoms with E-state index in [9.17, 15) is 4.79 Å². The van der Waals surface area contributed by atoms with Gasteiger partial charge in [-0.25, -0.2) is 0 Å². The minimum atomic E-state index is 0.391. The minimum absolute atomic E-state index is 0.391. The Bertz CT molecular complexity index is 507. The molecule has 4 aliphatic rings. The van der Waals surface area contributed by atoms with E-state index in [-0.39, 0.29) is 0 Å². The predicted octanol–water partition coefficient (Wildman–Crippen LogP) is 3.84. The van der Waals surface area contributed by atoms with Crippen LogP contribution in [0.1, 0.15) is 51.4 Å². The van der Waals surface area contributed by atoms with Crippen LogP contribution in [0.3, 0.4) is 0 Å². The normalized spacial score (nSPS) is 38.6. The number of carbonyl (C=O) groups excluding carboxylic acids is 1. The van der Waals surface area contributed by atoms with Crippen LogP contribution < -0.4 is 5.32 Å². The average molecular weight is 303 g/mol. The molecule has 4 rings (SSSR count). The first-order valence-electron chi connectivity index (χ1n) is 8.66. The summed E-state index contributed by atoms with van der Waals surface area (Å²) in [6.45, 7) is 1.09. The molecule has 3 heteroatoms. The summed E-state index contributed by atoms with van der Waals surface area (Å²) < 4.78 is 0. The molecule has 0 aromatic carbocycles. The van der Waals surface area contributed by atoms with E-state index in [0.717, 1.165) is 48.2 Å². The second kappa shape index (κ2) is 5.92. The summed E-state index contributed by atoms with van der Waals surface area (Å²) in [5.74, 6) is 2.69. The third kappa shape index (κ3) is 2.63. The van der Waals surface area contributed by atoms with E-state index in [4.69, 9.17) is 0 Å². The Hall–Kier alpha value is -0.540. The van der Waals surface area contributed by atoms with Crippen molar-refractivity contribution in [2.24, 2.45) is 11.8 Å². The lowest BCUT2D eigenvalue weighted by Gasteiger charge is -2.29. The third-order valence-electron chi connectivity index (χ3n) is 5.79. The molecule has 2 aliphatic heterocycles. The highest BCUT2D eigenvalue weighted by atomic mass is 32.2. The van der Waals surface area contributed by atoms with Gasteiger partial charge in [-0.15, -0.1) is 11.8 Å². The third-order valence-corrected chi connectivity index (χ3v) is 7.04. The van der Waals surface area contributed by atoms with Crippen molar-refractivity contribution in [3.63, 3.8) is 0 Å². The molecule has 21 heavy (non-hydrogen) atoms. The van der Waals surface area contributed by atoms with Crippen molar-refractivity contribution < 1.29 is 4.79 Å². The van der Waals surface area contributed by atoms with Crippen LogP contribution >= 0.6 is 11.8 Å². The summed E-state index contributed by atoms with van der Waals surface area (Å²) in [6, 6.07) is 0.719. The van der Waals surface area contributed by atoms with E-state index in [1.54, 1.807) is 0 Å². The van der Waals surface area contributed by atoms with E-state index < -0.39 is 0 Å². The standard InChI is InChI=1S/C18H25NOS/c20-18-13(11-21-17-8-4-2-6-15(17)18)9-12-10-19-16-7-3-1-5-14(12)16/h9,12,14,16,19H,1-8,10-11H2/b13-9-. The van der Waals surface area contributed by atoms with Crippen molar-refractivity contribution in [2.45, 2.75) is 57.4 Å². The van der Waals surface area contributed by atoms with Gasteiger partial charge in [0.05, 0.1) is 0 Å². The zero-order valence-corrected chi connectivity index (χ0v) is 13.5. The first-order chi connectivity index (χ1) is 10.3. The van der Waals surface area contributed by atoms with Gasteiger partial charge in [0, 0.05) is 29.5 Å². The van der Waals surface area contributed by atoms with Gasteiger partial charge in [-0.2, -0.15) is 0 Å². The van der Waals surface area contributed by atoms with E-state index in [2.05, 4.69) is 11.4 Å². The largest absolute Gasteiger partial charge is 0.313 e. The number of nitrogens with one attached hydrogen (secondary N) is 1. The molecule has 1 saturated carbocycles. The van der Waals surface area contributed by atoms with Gasteiger partial charge in [0.15, 0.2) is 5.78 Å². The topological polar surface area (TPSA) is 29.1 Å². The Labute approximate surface area is 131 Å². The van der Waals surface area contributed by atoms with Gasteiger partial charge in [-0.1, -0.05) is 18.9 Å². The van der Waals surface area contributed by atoms with Crippen LogP contribution in [0.15, 0.2) is 22.1 Å². The maximum Gasteiger partial charge on any atom is 0.186 e. The zero-order valence-electron chi connectivity index (χ0n) is 12.7. The lowest BCUT2D eigenvalue weighted by Crippen LogP contribution is -2.30. The van der Waals surface area contributed by atoms with Crippen LogP contribution in [0.25, 0.3) is 0 Å². The van der Waals surface area contributed by atoms with E-state index >= 15 is 0 Å². The second-order valence-electron chi connectivity index (χ2n) is 7.05. The molecule has 0 aromatic heterocycles. The van der Waals surface area contributed by atoms with Gasteiger partial charge < -0.3 is 5.32 Å². The van der Waals surface area contributed by atoms with Crippen LogP contribution in [-0.2, 0) is 4.79 Å². The molecule has 0 bridgehead atoms. The number of rotatable bonds is 1. The van der Waals surface area contributed by atoms with Crippen LogP contribution in [0, 0.1) is 11.8 Å². The SMILES string of the molecule is O=C1C2=C(CCCC2)SC/C1=C/C1CNC2CCCCC12. The van der Waals surface area contributed by atoms with Gasteiger partial charge in [-0.3, -0.25) is 4.79 Å². The number of hydrogen-bond acceptors (Lipinski definition) is 3. The molecule has 0 aromatic rings. The highest BCUT2D eigenvalue weighted by Gasteiger charge is 2.37. The fraction of sp³-hybridized carbons (Fsp3) is 0.722. The van der Waals surface area contributed by atoms with Gasteiger partial charge in [-0.05, 0) is 55.3 Å². The van der Waals surface area contributed by atoms with Crippen LogP contribution in [0.2, 0.25) is 0 Å². The summed E-state index contributed by atoms with van der Waals surface area (Å²) in [6.07, 6.45) is 12.4. The highest BCUT2D eigenvalue weighted by molar-refractivity contribution is 8.03. The summed E-state index contributed by atoms with van der Waals surface area (Å²) in [5, 5.41) is 3.69. The summed E-state index contributed by atoms with van der Waals surface area (Å²) in [4.78, 5) is 14.2. The fourth-order valence-electron chi connectivity index (χ4n) is 4.63. The number of hydrogen-bond donors (Lipinski definition) is 1. The van der Waals surface area contributed by atoms with Crippen molar-refractivity contribution in [3.8, 4) is 0 Å². The molecule has 2 fully saturated rings. The molecule has 2 heterocycles. The van der Waals surface area contributed by atoms with Crippen LogP contribution in [0.4, 0.5) is 0 Å².